The lowest BCUT2D eigenvalue weighted by Crippen LogP contribution is -2.40. The van der Waals surface area contributed by atoms with Crippen molar-refractivity contribution < 1.29 is 13.9 Å². The number of hydrogen-bond acceptors (Lipinski definition) is 3. The van der Waals surface area contributed by atoms with Gasteiger partial charge in [-0.3, -0.25) is 4.79 Å². The quantitative estimate of drug-likeness (QED) is 0.809. The number of ether oxygens (including phenoxy) is 1. The van der Waals surface area contributed by atoms with Crippen molar-refractivity contribution in [1.29, 1.82) is 0 Å². The monoisotopic (exact) mass is 284 g/mol. The van der Waals surface area contributed by atoms with Crippen LogP contribution in [0.25, 0.3) is 0 Å². The van der Waals surface area contributed by atoms with Gasteiger partial charge in [-0.05, 0) is 39.0 Å². The predicted molar refractivity (Wildman–Crippen MR) is 75.7 cm³/mol. The summed E-state index contributed by atoms with van der Waals surface area (Å²) in [6, 6.07) is 4.14. The Kier molecular flexibility index (Phi) is 5.23. The summed E-state index contributed by atoms with van der Waals surface area (Å²) >= 11 is 4.75. The van der Waals surface area contributed by atoms with Crippen molar-refractivity contribution in [3.63, 3.8) is 0 Å². The van der Waals surface area contributed by atoms with E-state index in [1.165, 1.54) is 12.1 Å². The summed E-state index contributed by atoms with van der Waals surface area (Å²) < 4.78 is 19.0. The number of thiocarbonyl (C=S) groups is 1. The molecule has 0 saturated heterocycles. The Morgan fingerprint density at radius 1 is 1.42 bits per heavy atom. The van der Waals surface area contributed by atoms with Crippen molar-refractivity contribution in [3.05, 3.63) is 29.6 Å². The fourth-order valence-electron chi connectivity index (χ4n) is 1.40. The zero-order valence-corrected chi connectivity index (χ0v) is 11.9. The predicted octanol–water partition coefficient (Wildman–Crippen LogP) is 1.75. The van der Waals surface area contributed by atoms with Crippen LogP contribution in [0.1, 0.15) is 26.3 Å². The summed E-state index contributed by atoms with van der Waals surface area (Å²) in [5.41, 5.74) is 5.81. The van der Waals surface area contributed by atoms with Crippen LogP contribution in [-0.2, 0) is 4.79 Å². The highest BCUT2D eigenvalue weighted by Crippen LogP contribution is 2.19. The lowest BCUT2D eigenvalue weighted by Gasteiger charge is -2.17. The van der Waals surface area contributed by atoms with Gasteiger partial charge in [0.25, 0.3) is 5.91 Å². The maximum absolute atomic E-state index is 13.7. The van der Waals surface area contributed by atoms with Crippen LogP contribution in [0.3, 0.4) is 0 Å². The van der Waals surface area contributed by atoms with Gasteiger partial charge in [0.15, 0.2) is 17.7 Å². The number of benzene rings is 1. The molecule has 1 rings (SSSR count). The van der Waals surface area contributed by atoms with E-state index in [4.69, 9.17) is 22.7 Å². The Hall–Kier alpha value is -1.69. The number of nitrogens with two attached hydrogens (primary N) is 1. The number of halogens is 1. The van der Waals surface area contributed by atoms with Crippen LogP contribution in [-0.4, -0.2) is 23.0 Å². The van der Waals surface area contributed by atoms with Crippen LogP contribution in [0.5, 0.6) is 5.75 Å². The van der Waals surface area contributed by atoms with E-state index in [9.17, 15) is 9.18 Å². The van der Waals surface area contributed by atoms with E-state index in [1.54, 1.807) is 13.0 Å². The molecule has 0 aliphatic carbocycles. The van der Waals surface area contributed by atoms with E-state index in [2.05, 4.69) is 5.32 Å². The Bertz CT molecular complexity index is 492. The first-order chi connectivity index (χ1) is 8.81. The Labute approximate surface area is 117 Å². The number of nitrogens with one attached hydrogen (secondary N) is 1. The molecule has 0 aromatic heterocycles. The summed E-state index contributed by atoms with van der Waals surface area (Å²) in [5.74, 6) is -0.909. The van der Waals surface area contributed by atoms with E-state index >= 15 is 0 Å². The highest BCUT2D eigenvalue weighted by atomic mass is 32.1. The first kappa shape index (κ1) is 15.4. The molecule has 19 heavy (non-hydrogen) atoms. The van der Waals surface area contributed by atoms with Crippen LogP contribution in [0.4, 0.5) is 4.39 Å². The highest BCUT2D eigenvalue weighted by molar-refractivity contribution is 7.80. The van der Waals surface area contributed by atoms with Crippen molar-refractivity contribution in [1.82, 2.24) is 5.32 Å². The molecule has 0 saturated carbocycles. The average molecular weight is 284 g/mol. The summed E-state index contributed by atoms with van der Waals surface area (Å²) in [6.07, 6.45) is -0.785. The molecule has 0 spiro atoms. The minimum Gasteiger partial charge on any atom is -0.478 e. The van der Waals surface area contributed by atoms with Crippen molar-refractivity contribution in [2.45, 2.75) is 32.9 Å². The lowest BCUT2D eigenvalue weighted by molar-refractivity contribution is -0.127. The molecule has 0 heterocycles. The molecule has 0 aliphatic heterocycles. The zero-order chi connectivity index (χ0) is 14.6. The molecule has 0 bridgehead atoms. The lowest BCUT2D eigenvalue weighted by atomic mass is 10.2. The summed E-state index contributed by atoms with van der Waals surface area (Å²) in [4.78, 5) is 11.8. The second-order valence-electron chi connectivity index (χ2n) is 4.43. The van der Waals surface area contributed by atoms with Crippen molar-refractivity contribution in [3.8, 4) is 5.75 Å². The van der Waals surface area contributed by atoms with Gasteiger partial charge in [-0.2, -0.15) is 0 Å². The first-order valence-electron chi connectivity index (χ1n) is 5.87. The Morgan fingerprint density at radius 3 is 2.53 bits per heavy atom. The number of amides is 1. The molecule has 1 unspecified atom stereocenters. The van der Waals surface area contributed by atoms with Gasteiger partial charge in [0.2, 0.25) is 0 Å². The standard InChI is InChI=1S/C13H17FN2O2S/c1-7(2)16-13(17)8(3)18-11-5-4-9(12(15)19)6-10(11)14/h4-8H,1-3H3,(H2,15,19)(H,16,17). The van der Waals surface area contributed by atoms with Gasteiger partial charge in [-0.1, -0.05) is 12.2 Å². The van der Waals surface area contributed by atoms with Gasteiger partial charge < -0.3 is 15.8 Å². The van der Waals surface area contributed by atoms with Crippen molar-refractivity contribution in [2.24, 2.45) is 5.73 Å². The van der Waals surface area contributed by atoms with Gasteiger partial charge in [0.1, 0.15) is 4.99 Å². The van der Waals surface area contributed by atoms with E-state index in [1.807, 2.05) is 13.8 Å². The van der Waals surface area contributed by atoms with Crippen molar-refractivity contribution >= 4 is 23.1 Å². The highest BCUT2D eigenvalue weighted by Gasteiger charge is 2.17. The molecule has 1 aromatic rings. The molecule has 1 aromatic carbocycles. The summed E-state index contributed by atoms with van der Waals surface area (Å²) in [7, 11) is 0. The van der Waals surface area contributed by atoms with E-state index in [-0.39, 0.29) is 22.7 Å². The molecule has 0 aliphatic rings. The summed E-state index contributed by atoms with van der Waals surface area (Å²) in [5, 5.41) is 2.68. The van der Waals surface area contributed by atoms with Gasteiger partial charge >= 0.3 is 0 Å². The van der Waals surface area contributed by atoms with E-state index in [0.717, 1.165) is 0 Å². The maximum Gasteiger partial charge on any atom is 0.260 e. The zero-order valence-electron chi connectivity index (χ0n) is 11.1. The molecule has 3 N–H and O–H groups in total. The van der Waals surface area contributed by atoms with Crippen LogP contribution in [0, 0.1) is 5.82 Å². The third kappa shape index (κ3) is 4.48. The Morgan fingerprint density at radius 2 is 2.05 bits per heavy atom. The number of hydrogen-bond donors (Lipinski definition) is 2. The number of carbonyl (C=O) groups excluding carboxylic acids is 1. The third-order valence-electron chi connectivity index (χ3n) is 2.32. The summed E-state index contributed by atoms with van der Waals surface area (Å²) in [6.45, 7) is 5.23. The van der Waals surface area contributed by atoms with Gasteiger partial charge in [-0.15, -0.1) is 0 Å². The topological polar surface area (TPSA) is 64.3 Å². The molecule has 0 radical (unpaired) electrons. The number of carbonyl (C=O) groups is 1. The van der Waals surface area contributed by atoms with Gasteiger partial charge in [0, 0.05) is 11.6 Å². The average Bonchev–Trinajstić information content (AvgIpc) is 2.30. The minimum atomic E-state index is -0.785. The van der Waals surface area contributed by atoms with Crippen LogP contribution in [0.15, 0.2) is 18.2 Å². The number of rotatable bonds is 5. The van der Waals surface area contributed by atoms with E-state index < -0.39 is 11.9 Å². The molecular weight excluding hydrogens is 267 g/mol. The molecule has 1 amide bonds. The molecule has 104 valence electrons. The third-order valence-corrected chi connectivity index (χ3v) is 2.56. The maximum atomic E-state index is 13.7. The van der Waals surface area contributed by atoms with Gasteiger partial charge in [0.05, 0.1) is 0 Å². The fourth-order valence-corrected chi connectivity index (χ4v) is 1.52. The van der Waals surface area contributed by atoms with Gasteiger partial charge in [-0.25, -0.2) is 4.39 Å². The molecule has 1 atom stereocenters. The van der Waals surface area contributed by atoms with E-state index in [0.29, 0.717) is 5.56 Å². The first-order valence-corrected chi connectivity index (χ1v) is 6.28. The molecule has 4 nitrogen and oxygen atoms in total. The largest absolute Gasteiger partial charge is 0.478 e. The minimum absolute atomic E-state index is 0.000358. The van der Waals surface area contributed by atoms with Crippen LogP contribution < -0.4 is 15.8 Å². The second-order valence-corrected chi connectivity index (χ2v) is 4.87. The van der Waals surface area contributed by atoms with Crippen molar-refractivity contribution in [2.75, 3.05) is 0 Å². The smallest absolute Gasteiger partial charge is 0.260 e. The normalized spacial score (nSPS) is 12.1. The second kappa shape index (κ2) is 6.47. The SMILES string of the molecule is CC(C)NC(=O)C(C)Oc1ccc(C(N)=S)cc1F. The van der Waals surface area contributed by atoms with Crippen LogP contribution in [0.2, 0.25) is 0 Å². The molecule has 0 fully saturated rings. The Balaban J connectivity index is 2.77. The molecular formula is C13H17FN2O2S. The fraction of sp³-hybridized carbons (Fsp3) is 0.385. The molecule has 6 heteroatoms. The van der Waals surface area contributed by atoms with Crippen LogP contribution >= 0.6 is 12.2 Å².